The zero-order valence-corrected chi connectivity index (χ0v) is 7.20. The molecule has 64 valence electrons. The third kappa shape index (κ3) is 1.44. The number of ketones is 1. The Bertz CT molecular complexity index is 312. The van der Waals surface area contributed by atoms with E-state index in [1.165, 1.54) is 6.92 Å². The monoisotopic (exact) mass is 165 g/mol. The number of carbonyl (C=O) groups is 2. The molecule has 3 nitrogen and oxygen atoms in total. The van der Waals surface area contributed by atoms with E-state index in [0.29, 0.717) is 12.1 Å². The predicted molar refractivity (Wildman–Crippen MR) is 45.2 cm³/mol. The first-order valence-corrected chi connectivity index (χ1v) is 3.76. The lowest BCUT2D eigenvalue weighted by molar-refractivity contribution is -0.107. The fourth-order valence-electron chi connectivity index (χ4n) is 1.20. The molecule has 0 N–H and O–H groups in total. The smallest absolute Gasteiger partial charge is 0.176 e. The van der Waals surface area contributed by atoms with Crippen LogP contribution in [0.1, 0.15) is 23.1 Å². The number of Topliss-reactive ketones (excluding diaryl/α,β-unsaturated/α-hetero) is 1. The van der Waals surface area contributed by atoms with Gasteiger partial charge in [-0.1, -0.05) is 0 Å². The van der Waals surface area contributed by atoms with Crippen molar-refractivity contribution in [2.75, 3.05) is 0 Å². The standard InChI is InChI=1S/C9H11NO2/c1-7(12)9-4-3-8(5-6-11)10(9)2/h3-4,6H,5H2,1-2H3. The summed E-state index contributed by atoms with van der Waals surface area (Å²) < 4.78 is 1.75. The molecule has 1 rings (SSSR count). The Morgan fingerprint density at radius 2 is 2.25 bits per heavy atom. The van der Waals surface area contributed by atoms with Gasteiger partial charge in [-0.3, -0.25) is 4.79 Å². The van der Waals surface area contributed by atoms with Gasteiger partial charge in [0.2, 0.25) is 0 Å². The molecule has 0 saturated carbocycles. The van der Waals surface area contributed by atoms with Crippen LogP contribution in [0.3, 0.4) is 0 Å². The number of nitrogens with zero attached hydrogens (tertiary/aromatic N) is 1. The van der Waals surface area contributed by atoms with E-state index in [0.717, 1.165) is 12.0 Å². The van der Waals surface area contributed by atoms with E-state index >= 15 is 0 Å². The Hall–Kier alpha value is -1.38. The summed E-state index contributed by atoms with van der Waals surface area (Å²) in [6.07, 6.45) is 1.20. The van der Waals surface area contributed by atoms with Crippen LogP contribution in [0.15, 0.2) is 12.1 Å². The number of carbonyl (C=O) groups excluding carboxylic acids is 2. The number of rotatable bonds is 3. The molecule has 0 saturated heterocycles. The van der Waals surface area contributed by atoms with Crippen molar-refractivity contribution in [1.29, 1.82) is 0 Å². The van der Waals surface area contributed by atoms with Crippen LogP contribution >= 0.6 is 0 Å². The molecule has 0 radical (unpaired) electrons. The number of aromatic nitrogens is 1. The Balaban J connectivity index is 3.03. The van der Waals surface area contributed by atoms with E-state index in [1.807, 2.05) is 0 Å². The first-order valence-electron chi connectivity index (χ1n) is 3.76. The van der Waals surface area contributed by atoms with Gasteiger partial charge in [-0.05, 0) is 12.1 Å². The van der Waals surface area contributed by atoms with Gasteiger partial charge < -0.3 is 9.36 Å². The molecule has 12 heavy (non-hydrogen) atoms. The second-order valence-corrected chi connectivity index (χ2v) is 2.70. The number of hydrogen-bond donors (Lipinski definition) is 0. The zero-order valence-electron chi connectivity index (χ0n) is 7.20. The van der Waals surface area contributed by atoms with Crippen LogP contribution in [-0.4, -0.2) is 16.6 Å². The van der Waals surface area contributed by atoms with E-state index in [4.69, 9.17) is 0 Å². The maximum atomic E-state index is 11.0. The summed E-state index contributed by atoms with van der Waals surface area (Å²) in [7, 11) is 1.79. The third-order valence-corrected chi connectivity index (χ3v) is 1.88. The fourth-order valence-corrected chi connectivity index (χ4v) is 1.20. The highest BCUT2D eigenvalue weighted by atomic mass is 16.1. The van der Waals surface area contributed by atoms with E-state index in [2.05, 4.69) is 0 Å². The van der Waals surface area contributed by atoms with Gasteiger partial charge >= 0.3 is 0 Å². The zero-order chi connectivity index (χ0) is 9.14. The molecule has 0 atom stereocenters. The van der Waals surface area contributed by atoms with Crippen LogP contribution in [0.2, 0.25) is 0 Å². The van der Waals surface area contributed by atoms with E-state index in [1.54, 1.807) is 23.7 Å². The molecule has 3 heteroatoms. The molecule has 0 aliphatic heterocycles. The van der Waals surface area contributed by atoms with Crippen molar-refractivity contribution in [3.63, 3.8) is 0 Å². The van der Waals surface area contributed by atoms with Crippen molar-refractivity contribution in [3.05, 3.63) is 23.5 Å². The average molecular weight is 165 g/mol. The van der Waals surface area contributed by atoms with Crippen molar-refractivity contribution in [3.8, 4) is 0 Å². The highest BCUT2D eigenvalue weighted by molar-refractivity contribution is 5.92. The first kappa shape index (κ1) is 8.71. The van der Waals surface area contributed by atoms with Crippen molar-refractivity contribution < 1.29 is 9.59 Å². The largest absolute Gasteiger partial charge is 0.345 e. The molecule has 0 spiro atoms. The van der Waals surface area contributed by atoms with Gasteiger partial charge in [0.05, 0.1) is 5.69 Å². The normalized spacial score (nSPS) is 9.83. The minimum Gasteiger partial charge on any atom is -0.345 e. The lowest BCUT2D eigenvalue weighted by Crippen LogP contribution is -2.05. The van der Waals surface area contributed by atoms with Gasteiger partial charge in [0.15, 0.2) is 5.78 Å². The van der Waals surface area contributed by atoms with E-state index in [9.17, 15) is 9.59 Å². The highest BCUT2D eigenvalue weighted by Crippen LogP contribution is 2.07. The molecule has 0 aromatic carbocycles. The molecule has 0 amide bonds. The summed E-state index contributed by atoms with van der Waals surface area (Å²) in [5, 5.41) is 0. The quantitative estimate of drug-likeness (QED) is 0.494. The Morgan fingerprint density at radius 3 is 2.67 bits per heavy atom. The topological polar surface area (TPSA) is 39.1 Å². The summed E-state index contributed by atoms with van der Waals surface area (Å²) in [5.74, 6) is 0.0228. The molecule has 0 aliphatic rings. The molecular formula is C9H11NO2. The first-order chi connectivity index (χ1) is 5.66. The maximum absolute atomic E-state index is 11.0. The molecular weight excluding hydrogens is 154 g/mol. The molecule has 1 aromatic heterocycles. The molecule has 1 heterocycles. The second kappa shape index (κ2) is 3.34. The Morgan fingerprint density at radius 1 is 1.58 bits per heavy atom. The number of aldehydes is 1. The van der Waals surface area contributed by atoms with Crippen LogP contribution in [-0.2, 0) is 18.3 Å². The summed E-state index contributed by atoms with van der Waals surface area (Å²) in [5.41, 5.74) is 1.52. The molecule has 0 fully saturated rings. The van der Waals surface area contributed by atoms with Crippen molar-refractivity contribution >= 4 is 12.1 Å². The number of hydrogen-bond acceptors (Lipinski definition) is 2. The summed E-state index contributed by atoms with van der Waals surface area (Å²) in [4.78, 5) is 21.2. The van der Waals surface area contributed by atoms with Crippen molar-refractivity contribution in [2.24, 2.45) is 7.05 Å². The van der Waals surface area contributed by atoms with Gasteiger partial charge in [-0.25, -0.2) is 0 Å². The van der Waals surface area contributed by atoms with Crippen molar-refractivity contribution in [1.82, 2.24) is 4.57 Å². The maximum Gasteiger partial charge on any atom is 0.176 e. The van der Waals surface area contributed by atoms with Gasteiger partial charge in [-0.2, -0.15) is 0 Å². The van der Waals surface area contributed by atoms with Crippen LogP contribution in [0, 0.1) is 0 Å². The summed E-state index contributed by atoms with van der Waals surface area (Å²) in [6.45, 7) is 1.51. The van der Waals surface area contributed by atoms with Crippen LogP contribution in [0.25, 0.3) is 0 Å². The van der Waals surface area contributed by atoms with Gasteiger partial charge in [0.1, 0.15) is 6.29 Å². The second-order valence-electron chi connectivity index (χ2n) is 2.70. The fraction of sp³-hybridized carbons (Fsp3) is 0.333. The highest BCUT2D eigenvalue weighted by Gasteiger charge is 2.06. The van der Waals surface area contributed by atoms with Crippen LogP contribution < -0.4 is 0 Å². The van der Waals surface area contributed by atoms with Crippen LogP contribution in [0.4, 0.5) is 0 Å². The minimum absolute atomic E-state index is 0.0228. The van der Waals surface area contributed by atoms with Gasteiger partial charge in [0.25, 0.3) is 0 Å². The third-order valence-electron chi connectivity index (χ3n) is 1.88. The molecule has 1 aromatic rings. The summed E-state index contributed by atoms with van der Waals surface area (Å²) >= 11 is 0. The van der Waals surface area contributed by atoms with Crippen molar-refractivity contribution in [2.45, 2.75) is 13.3 Å². The predicted octanol–water partition coefficient (Wildman–Crippen LogP) is 0.969. The van der Waals surface area contributed by atoms with Gasteiger partial charge in [0, 0.05) is 26.1 Å². The average Bonchev–Trinajstić information content (AvgIpc) is 2.34. The van der Waals surface area contributed by atoms with Gasteiger partial charge in [-0.15, -0.1) is 0 Å². The SMILES string of the molecule is CC(=O)c1ccc(CC=O)n1C. The lowest BCUT2D eigenvalue weighted by Gasteiger charge is -2.01. The molecule has 0 aliphatic carbocycles. The van der Waals surface area contributed by atoms with E-state index in [-0.39, 0.29) is 5.78 Å². The van der Waals surface area contributed by atoms with E-state index < -0.39 is 0 Å². The summed E-state index contributed by atoms with van der Waals surface area (Å²) in [6, 6.07) is 3.53. The lowest BCUT2D eigenvalue weighted by atomic mass is 10.3. The minimum atomic E-state index is 0.0228. The molecule has 0 unspecified atom stereocenters. The molecule has 0 bridgehead atoms. The Labute approximate surface area is 71.0 Å². The Kier molecular flexibility index (Phi) is 2.43. The van der Waals surface area contributed by atoms with Crippen LogP contribution in [0.5, 0.6) is 0 Å².